The van der Waals surface area contributed by atoms with Gasteiger partial charge in [0, 0.05) is 0 Å². The van der Waals surface area contributed by atoms with Crippen molar-refractivity contribution in [2.24, 2.45) is 0 Å². The summed E-state index contributed by atoms with van der Waals surface area (Å²) in [7, 11) is 0. The summed E-state index contributed by atoms with van der Waals surface area (Å²) < 4.78 is 5.21. The van der Waals surface area contributed by atoms with E-state index in [1.54, 1.807) is 13.3 Å². The van der Waals surface area contributed by atoms with Gasteiger partial charge in [-0.1, -0.05) is 23.6 Å². The minimum atomic E-state index is -1.89. The maximum absolute atomic E-state index is 5.21. The highest BCUT2D eigenvalue weighted by molar-refractivity contribution is 8.67. The molecular formula is C2H8OP2S4. The van der Waals surface area contributed by atoms with E-state index >= 15 is 0 Å². The molecule has 0 aromatic carbocycles. The first-order valence-electron chi connectivity index (χ1n) is 2.02. The van der Waals surface area contributed by atoms with E-state index in [0.717, 1.165) is 0 Å². The average Bonchev–Trinajstić information content (AvgIpc) is 1.14. The van der Waals surface area contributed by atoms with Gasteiger partial charge in [-0.05, 0) is 13.3 Å². The fraction of sp³-hybridized carbons (Fsp3) is 1.00. The van der Waals surface area contributed by atoms with Crippen LogP contribution in [0.3, 0.4) is 0 Å². The van der Waals surface area contributed by atoms with Crippen LogP contribution in [0.5, 0.6) is 0 Å². The molecule has 0 aliphatic carbocycles. The third kappa shape index (κ3) is 9.96. The van der Waals surface area contributed by atoms with Gasteiger partial charge in [-0.2, -0.15) is 0 Å². The number of hydrogen-bond donors (Lipinski definition) is 2. The molecule has 2 unspecified atom stereocenters. The Morgan fingerprint density at radius 2 is 1.33 bits per heavy atom. The molecule has 0 amide bonds. The molecule has 1 nitrogen and oxygen atoms in total. The van der Waals surface area contributed by atoms with E-state index in [9.17, 15) is 0 Å². The summed E-state index contributed by atoms with van der Waals surface area (Å²) in [4.78, 5) is 0. The lowest BCUT2D eigenvalue weighted by Gasteiger charge is -2.15. The molecule has 2 atom stereocenters. The Kier molecular flexibility index (Phi) is 4.35. The summed E-state index contributed by atoms with van der Waals surface area (Å²) in [6.07, 6.45) is 0. The highest BCUT2D eigenvalue weighted by atomic mass is 32.9. The Bertz CT molecular complexity index is 157. The first-order chi connectivity index (χ1) is 3.71. The summed E-state index contributed by atoms with van der Waals surface area (Å²) in [6, 6.07) is 0. The molecule has 56 valence electrons. The minimum Gasteiger partial charge on any atom is -0.302 e. The van der Waals surface area contributed by atoms with Crippen LogP contribution in [0.25, 0.3) is 0 Å². The quantitative estimate of drug-likeness (QED) is 0.566. The number of hydrogen-bond acceptors (Lipinski definition) is 3. The molecule has 0 aliphatic rings. The third-order valence-electron chi connectivity index (χ3n) is 0.303. The van der Waals surface area contributed by atoms with Crippen LogP contribution in [0.15, 0.2) is 0 Å². The van der Waals surface area contributed by atoms with Gasteiger partial charge in [0.25, 0.3) is 0 Å². The summed E-state index contributed by atoms with van der Waals surface area (Å²) in [5, 5.41) is 0. The smallest absolute Gasteiger partial charge is 0.120 e. The van der Waals surface area contributed by atoms with Crippen molar-refractivity contribution in [3.05, 3.63) is 0 Å². The normalized spacial score (nSPS) is 24.4. The topological polar surface area (TPSA) is 9.23 Å². The van der Waals surface area contributed by atoms with Crippen molar-refractivity contribution >= 4 is 59.0 Å². The van der Waals surface area contributed by atoms with Crippen molar-refractivity contribution in [1.82, 2.24) is 0 Å². The van der Waals surface area contributed by atoms with Gasteiger partial charge in [0.15, 0.2) is 0 Å². The molecule has 0 aromatic heterocycles. The van der Waals surface area contributed by atoms with E-state index < -0.39 is 10.9 Å². The molecule has 0 saturated carbocycles. The Hall–Kier alpha value is 1.96. The zero-order valence-corrected chi connectivity index (χ0v) is 10.2. The van der Waals surface area contributed by atoms with E-state index in [0.29, 0.717) is 0 Å². The third-order valence-corrected chi connectivity index (χ3v) is 5.24. The molecule has 0 saturated heterocycles. The second kappa shape index (κ2) is 3.57. The van der Waals surface area contributed by atoms with E-state index in [2.05, 4.69) is 24.5 Å². The van der Waals surface area contributed by atoms with Crippen LogP contribution < -0.4 is 0 Å². The molecule has 0 rings (SSSR count). The van der Waals surface area contributed by atoms with E-state index in [-0.39, 0.29) is 0 Å². The highest BCUT2D eigenvalue weighted by Crippen LogP contribution is 2.65. The summed E-state index contributed by atoms with van der Waals surface area (Å²) in [6.45, 7) is 3.54. The predicted octanol–water partition coefficient (Wildman–Crippen LogP) is 2.74. The molecule has 0 aromatic rings. The maximum Gasteiger partial charge on any atom is 0.120 e. The fourth-order valence-corrected chi connectivity index (χ4v) is 9.35. The van der Waals surface area contributed by atoms with Crippen molar-refractivity contribution in [1.29, 1.82) is 0 Å². The van der Waals surface area contributed by atoms with Crippen LogP contribution in [-0.2, 0) is 27.9 Å². The van der Waals surface area contributed by atoms with Crippen LogP contribution in [0, 0.1) is 0 Å². The van der Waals surface area contributed by atoms with Gasteiger partial charge >= 0.3 is 0 Å². The Morgan fingerprint density at radius 1 is 1.11 bits per heavy atom. The van der Waals surface area contributed by atoms with Crippen molar-refractivity contribution < 1.29 is 4.31 Å². The van der Waals surface area contributed by atoms with E-state index in [1.807, 2.05) is 0 Å². The summed E-state index contributed by atoms with van der Waals surface area (Å²) in [5.74, 6) is 0. The molecule has 0 fully saturated rings. The Balaban J connectivity index is 4.07. The van der Waals surface area contributed by atoms with Crippen LogP contribution in [0.4, 0.5) is 0 Å². The zero-order valence-electron chi connectivity index (χ0n) is 5.01. The summed E-state index contributed by atoms with van der Waals surface area (Å²) in [5.41, 5.74) is -3.78. The molecule has 0 bridgehead atoms. The lowest BCUT2D eigenvalue weighted by Crippen LogP contribution is -1.72. The standard InChI is InChI=1S/C2H8OP2S4/c1-4(6,7)3-5(2,8)9/h1-2H3,(H,6,7)(H,8,9). The first-order valence-corrected chi connectivity index (χ1v) is 10.7. The van der Waals surface area contributed by atoms with Gasteiger partial charge in [0.05, 0.1) is 0 Å². The van der Waals surface area contributed by atoms with Gasteiger partial charge < -0.3 is 4.31 Å². The SMILES string of the molecule is CP(=S)(S)OP(C)(=S)S. The second-order valence-electron chi connectivity index (χ2n) is 1.69. The summed E-state index contributed by atoms with van der Waals surface area (Å²) >= 11 is 17.9. The van der Waals surface area contributed by atoms with Crippen LogP contribution in [0.1, 0.15) is 0 Å². The van der Waals surface area contributed by atoms with Crippen molar-refractivity contribution in [2.45, 2.75) is 0 Å². The molecule has 0 spiro atoms. The van der Waals surface area contributed by atoms with Crippen molar-refractivity contribution in [3.63, 3.8) is 0 Å². The van der Waals surface area contributed by atoms with E-state index in [4.69, 9.17) is 27.9 Å². The maximum atomic E-state index is 5.21. The molecule has 0 aliphatic heterocycles. The van der Waals surface area contributed by atoms with Gasteiger partial charge in [-0.25, -0.2) is 0 Å². The Morgan fingerprint density at radius 3 is 1.33 bits per heavy atom. The molecular weight excluding hydrogens is 230 g/mol. The molecule has 0 radical (unpaired) electrons. The van der Waals surface area contributed by atoms with Crippen LogP contribution in [-0.4, -0.2) is 13.3 Å². The lowest BCUT2D eigenvalue weighted by atomic mass is 12.0. The Labute approximate surface area is 76.4 Å². The predicted molar refractivity (Wildman–Crippen MR) is 59.5 cm³/mol. The largest absolute Gasteiger partial charge is 0.302 e. The molecule has 0 heterocycles. The molecule has 9 heavy (non-hydrogen) atoms. The number of rotatable bonds is 2. The minimum absolute atomic E-state index is 1.77. The second-order valence-corrected chi connectivity index (χ2v) is 15.9. The molecule has 7 heteroatoms. The van der Waals surface area contributed by atoms with E-state index in [1.165, 1.54) is 0 Å². The monoisotopic (exact) mass is 238 g/mol. The number of thiol groups is 2. The van der Waals surface area contributed by atoms with Gasteiger partial charge in [0.2, 0.25) is 0 Å². The van der Waals surface area contributed by atoms with Gasteiger partial charge in [-0.15, -0.1) is 24.5 Å². The van der Waals surface area contributed by atoms with Gasteiger partial charge in [0.1, 0.15) is 10.9 Å². The highest BCUT2D eigenvalue weighted by Gasteiger charge is 2.11. The van der Waals surface area contributed by atoms with Crippen molar-refractivity contribution in [2.75, 3.05) is 13.3 Å². The van der Waals surface area contributed by atoms with Crippen LogP contribution >= 0.6 is 35.4 Å². The fourth-order valence-electron chi connectivity index (χ4n) is 0.281. The average molecular weight is 238 g/mol. The van der Waals surface area contributed by atoms with Crippen LogP contribution in [0.2, 0.25) is 0 Å². The first kappa shape index (κ1) is 11.0. The molecule has 0 N–H and O–H groups in total. The lowest BCUT2D eigenvalue weighted by molar-refractivity contribution is 0.721. The van der Waals surface area contributed by atoms with Crippen molar-refractivity contribution in [3.8, 4) is 0 Å². The zero-order chi connectivity index (χ0) is 7.71. The van der Waals surface area contributed by atoms with Gasteiger partial charge in [-0.3, -0.25) is 0 Å².